The minimum atomic E-state index is -0.109. The summed E-state index contributed by atoms with van der Waals surface area (Å²) in [6, 6.07) is 7.10. The van der Waals surface area contributed by atoms with Gasteiger partial charge in [-0.3, -0.25) is 4.79 Å². The predicted molar refractivity (Wildman–Crippen MR) is 85.7 cm³/mol. The maximum atomic E-state index is 12.6. The maximum absolute atomic E-state index is 12.6. The fraction of sp³-hybridized carbons (Fsp3) is 0.529. The van der Waals surface area contributed by atoms with Crippen LogP contribution >= 0.6 is 0 Å². The number of aromatic hydroxyl groups is 1. The van der Waals surface area contributed by atoms with Crippen molar-refractivity contribution in [1.29, 1.82) is 0 Å². The van der Waals surface area contributed by atoms with Crippen LogP contribution in [0.2, 0.25) is 0 Å². The number of nitrogens with one attached hydrogen (secondary N) is 1. The van der Waals surface area contributed by atoms with Crippen LogP contribution in [-0.2, 0) is 9.53 Å². The number of phenols is 1. The van der Waals surface area contributed by atoms with E-state index in [1.54, 1.807) is 12.1 Å². The van der Waals surface area contributed by atoms with Crippen LogP contribution in [0.15, 0.2) is 24.3 Å². The predicted octanol–water partition coefficient (Wildman–Crippen LogP) is 0.501. The van der Waals surface area contributed by atoms with Gasteiger partial charge in [0.1, 0.15) is 12.4 Å². The van der Waals surface area contributed by atoms with Crippen LogP contribution in [0.3, 0.4) is 0 Å². The molecule has 0 radical (unpaired) electrons. The first kappa shape index (κ1) is 15.3. The van der Waals surface area contributed by atoms with Crippen molar-refractivity contribution in [1.82, 2.24) is 15.1 Å². The number of fused-ring (bicyclic) bond motifs is 1. The van der Waals surface area contributed by atoms with Crippen LogP contribution in [0, 0.1) is 0 Å². The van der Waals surface area contributed by atoms with E-state index in [4.69, 9.17) is 4.74 Å². The first-order valence-corrected chi connectivity index (χ1v) is 8.34. The van der Waals surface area contributed by atoms with Crippen molar-refractivity contribution in [3.8, 4) is 5.75 Å². The van der Waals surface area contributed by atoms with Gasteiger partial charge in [-0.05, 0) is 24.1 Å². The van der Waals surface area contributed by atoms with Gasteiger partial charge >= 0.3 is 6.03 Å². The molecule has 0 saturated carbocycles. The van der Waals surface area contributed by atoms with Crippen LogP contribution in [0.4, 0.5) is 4.79 Å². The number of piperidine rings is 1. The molecule has 0 bridgehead atoms. The summed E-state index contributed by atoms with van der Waals surface area (Å²) in [7, 11) is 0. The molecule has 1 aromatic rings. The average molecular weight is 331 g/mol. The number of likely N-dealkylation sites (tertiary alicyclic amines) is 2. The summed E-state index contributed by atoms with van der Waals surface area (Å²) in [6.07, 6.45) is 0.777. The number of carbonyl (C=O) groups excluding carboxylic acids is 2. The third-order valence-electron chi connectivity index (χ3n) is 5.11. The average Bonchev–Trinajstić information content (AvgIpc) is 2.54. The van der Waals surface area contributed by atoms with Crippen LogP contribution in [0.25, 0.3) is 0 Å². The highest BCUT2D eigenvalue weighted by molar-refractivity contribution is 5.79. The zero-order valence-corrected chi connectivity index (χ0v) is 13.4. The molecular weight excluding hydrogens is 310 g/mol. The number of phenolic OH excluding ortho intramolecular Hbond substituents is 1. The number of morpholine rings is 1. The first-order valence-electron chi connectivity index (χ1n) is 8.34. The molecule has 24 heavy (non-hydrogen) atoms. The van der Waals surface area contributed by atoms with Gasteiger partial charge in [0.25, 0.3) is 0 Å². The minimum absolute atomic E-state index is 0.0212. The van der Waals surface area contributed by atoms with Crippen LogP contribution in [0.5, 0.6) is 5.75 Å². The molecule has 1 aromatic carbocycles. The van der Waals surface area contributed by atoms with E-state index in [1.807, 2.05) is 21.9 Å². The second kappa shape index (κ2) is 5.98. The summed E-state index contributed by atoms with van der Waals surface area (Å²) < 4.78 is 5.52. The Morgan fingerprint density at radius 2 is 1.92 bits per heavy atom. The molecule has 3 saturated heterocycles. The molecular formula is C17H21N3O4. The fourth-order valence-electron chi connectivity index (χ4n) is 3.67. The summed E-state index contributed by atoms with van der Waals surface area (Å²) in [5, 5.41) is 12.3. The number of benzene rings is 1. The monoisotopic (exact) mass is 331 g/mol. The van der Waals surface area contributed by atoms with E-state index in [9.17, 15) is 14.7 Å². The second-order valence-corrected chi connectivity index (χ2v) is 6.73. The van der Waals surface area contributed by atoms with Gasteiger partial charge in [0.15, 0.2) is 0 Å². The quantitative estimate of drug-likeness (QED) is 0.785. The number of hydrogen-bond acceptors (Lipinski definition) is 4. The highest BCUT2D eigenvalue weighted by Crippen LogP contribution is 2.29. The SMILES string of the molecule is O=C1COC2CCN(C(=O)N3CC(c4ccc(O)cc4)C3)C[C@H]2N1. The minimum Gasteiger partial charge on any atom is -0.508 e. The summed E-state index contributed by atoms with van der Waals surface area (Å²) >= 11 is 0. The highest BCUT2D eigenvalue weighted by atomic mass is 16.5. The third-order valence-corrected chi connectivity index (χ3v) is 5.11. The second-order valence-electron chi connectivity index (χ2n) is 6.73. The molecule has 3 amide bonds. The van der Waals surface area contributed by atoms with Gasteiger partial charge in [-0.1, -0.05) is 12.1 Å². The van der Waals surface area contributed by atoms with Gasteiger partial charge in [-0.2, -0.15) is 0 Å². The van der Waals surface area contributed by atoms with E-state index >= 15 is 0 Å². The van der Waals surface area contributed by atoms with Gasteiger partial charge in [0.2, 0.25) is 5.91 Å². The molecule has 7 heteroatoms. The van der Waals surface area contributed by atoms with E-state index < -0.39 is 0 Å². The van der Waals surface area contributed by atoms with Crippen molar-refractivity contribution in [2.24, 2.45) is 0 Å². The molecule has 128 valence electrons. The standard InChI is InChI=1S/C17H21N3O4/c21-13-3-1-11(2-4-13)12-7-20(8-12)17(23)19-6-5-15-14(9-19)18-16(22)10-24-15/h1-4,12,14-15,21H,5-10H2,(H,18,22)/t14-,15?/m1/s1. The Balaban J connectivity index is 1.32. The zero-order valence-electron chi connectivity index (χ0n) is 13.4. The molecule has 2 N–H and O–H groups in total. The Labute approximate surface area is 140 Å². The molecule has 0 spiro atoms. The normalized spacial score (nSPS) is 27.2. The molecule has 0 aromatic heterocycles. The topological polar surface area (TPSA) is 82.1 Å². The number of amides is 3. The third kappa shape index (κ3) is 2.80. The Morgan fingerprint density at radius 3 is 2.67 bits per heavy atom. The van der Waals surface area contributed by atoms with Crippen molar-refractivity contribution in [3.05, 3.63) is 29.8 Å². The highest BCUT2D eigenvalue weighted by Gasteiger charge is 2.40. The lowest BCUT2D eigenvalue weighted by Crippen LogP contribution is -2.63. The van der Waals surface area contributed by atoms with Crippen molar-refractivity contribution < 1.29 is 19.4 Å². The number of nitrogens with zero attached hydrogens (tertiary/aromatic N) is 2. The van der Waals surface area contributed by atoms with Crippen LogP contribution in [-0.4, -0.2) is 71.8 Å². The summed E-state index contributed by atoms with van der Waals surface area (Å²) in [6.45, 7) is 2.68. The Morgan fingerprint density at radius 1 is 1.17 bits per heavy atom. The first-order chi connectivity index (χ1) is 11.6. The molecule has 3 heterocycles. The fourth-order valence-corrected chi connectivity index (χ4v) is 3.67. The van der Waals surface area contributed by atoms with Gasteiger partial charge in [0, 0.05) is 32.1 Å². The molecule has 3 fully saturated rings. The van der Waals surface area contributed by atoms with Crippen molar-refractivity contribution in [2.45, 2.75) is 24.5 Å². The maximum Gasteiger partial charge on any atom is 0.320 e. The molecule has 3 aliphatic heterocycles. The van der Waals surface area contributed by atoms with Gasteiger partial charge < -0.3 is 25.0 Å². The number of urea groups is 1. The zero-order chi connectivity index (χ0) is 16.7. The Kier molecular flexibility index (Phi) is 3.80. The number of ether oxygens (including phenoxy) is 1. The summed E-state index contributed by atoms with van der Waals surface area (Å²) in [4.78, 5) is 27.7. The van der Waals surface area contributed by atoms with Gasteiger partial charge in [-0.25, -0.2) is 4.79 Å². The van der Waals surface area contributed by atoms with E-state index in [0.717, 1.165) is 12.0 Å². The van der Waals surface area contributed by atoms with E-state index in [0.29, 0.717) is 32.1 Å². The number of rotatable bonds is 1. The number of hydrogen-bond donors (Lipinski definition) is 2. The number of carbonyl (C=O) groups is 2. The summed E-state index contributed by atoms with van der Waals surface area (Å²) in [5.74, 6) is 0.470. The summed E-state index contributed by atoms with van der Waals surface area (Å²) in [5.41, 5.74) is 1.14. The Bertz CT molecular complexity index is 642. The molecule has 7 nitrogen and oxygen atoms in total. The lowest BCUT2D eigenvalue weighted by molar-refractivity contribution is -0.139. The largest absolute Gasteiger partial charge is 0.508 e. The van der Waals surface area contributed by atoms with E-state index in [-0.39, 0.29) is 36.4 Å². The molecule has 2 atom stereocenters. The van der Waals surface area contributed by atoms with Crippen molar-refractivity contribution in [3.63, 3.8) is 0 Å². The van der Waals surface area contributed by atoms with E-state index in [2.05, 4.69) is 5.32 Å². The van der Waals surface area contributed by atoms with Crippen LogP contribution in [0.1, 0.15) is 17.9 Å². The van der Waals surface area contributed by atoms with Crippen molar-refractivity contribution in [2.75, 3.05) is 32.8 Å². The molecule has 3 aliphatic rings. The smallest absolute Gasteiger partial charge is 0.320 e. The molecule has 4 rings (SSSR count). The van der Waals surface area contributed by atoms with E-state index in [1.165, 1.54) is 0 Å². The van der Waals surface area contributed by atoms with Crippen LogP contribution < -0.4 is 5.32 Å². The molecule has 0 aliphatic carbocycles. The van der Waals surface area contributed by atoms with Gasteiger partial charge in [0.05, 0.1) is 12.1 Å². The lowest BCUT2D eigenvalue weighted by atomic mass is 9.91. The Hall–Kier alpha value is -2.28. The lowest BCUT2D eigenvalue weighted by Gasteiger charge is -2.46. The molecule has 1 unspecified atom stereocenters. The van der Waals surface area contributed by atoms with Crippen molar-refractivity contribution >= 4 is 11.9 Å². The van der Waals surface area contributed by atoms with Gasteiger partial charge in [-0.15, -0.1) is 0 Å².